The molecule has 1 saturated carbocycles. The minimum absolute atomic E-state index is 0.0381. The number of hydrogen-bond acceptors (Lipinski definition) is 3. The number of hydrogen-bond donors (Lipinski definition) is 1. The molecule has 0 bridgehead atoms. The van der Waals surface area contributed by atoms with Crippen LogP contribution >= 0.6 is 0 Å². The van der Waals surface area contributed by atoms with Crippen LogP contribution in [-0.4, -0.2) is 29.4 Å². The zero-order valence-electron chi connectivity index (χ0n) is 12.0. The van der Waals surface area contributed by atoms with Crippen molar-refractivity contribution >= 4 is 5.97 Å². The molecule has 1 aromatic heterocycles. The average Bonchev–Trinajstić information content (AvgIpc) is 2.82. The van der Waals surface area contributed by atoms with Gasteiger partial charge in [-0.15, -0.1) is 0 Å². The number of pyridine rings is 1. The van der Waals surface area contributed by atoms with Crippen molar-refractivity contribution in [3.63, 3.8) is 0 Å². The Hall–Kier alpha value is -1.62. The highest BCUT2D eigenvalue weighted by molar-refractivity contribution is 5.88. The van der Waals surface area contributed by atoms with E-state index in [9.17, 15) is 9.59 Å². The van der Waals surface area contributed by atoms with Crippen molar-refractivity contribution in [2.45, 2.75) is 39.2 Å². The molecular weight excluding hydrogens is 258 g/mol. The smallest absolute Gasteiger partial charge is 0.341 e. The summed E-state index contributed by atoms with van der Waals surface area (Å²) in [5, 5.41) is 9.16. The van der Waals surface area contributed by atoms with E-state index in [4.69, 9.17) is 9.84 Å². The van der Waals surface area contributed by atoms with Crippen molar-refractivity contribution in [1.82, 2.24) is 4.57 Å². The summed E-state index contributed by atoms with van der Waals surface area (Å²) >= 11 is 0. The predicted octanol–water partition coefficient (Wildman–Crippen LogP) is 2.06. The van der Waals surface area contributed by atoms with Gasteiger partial charge in [-0.3, -0.25) is 4.79 Å². The average molecular weight is 279 g/mol. The summed E-state index contributed by atoms with van der Waals surface area (Å²) in [6.45, 7) is 2.78. The molecule has 1 fully saturated rings. The maximum absolute atomic E-state index is 12.3. The summed E-state index contributed by atoms with van der Waals surface area (Å²) in [5.41, 5.74) is -0.0761. The van der Waals surface area contributed by atoms with Gasteiger partial charge < -0.3 is 14.4 Å². The van der Waals surface area contributed by atoms with Crippen LogP contribution in [0, 0.1) is 12.3 Å². The molecule has 0 radical (unpaired) electrons. The van der Waals surface area contributed by atoms with E-state index in [1.165, 1.54) is 4.57 Å². The molecule has 5 nitrogen and oxygen atoms in total. The van der Waals surface area contributed by atoms with Gasteiger partial charge in [0.1, 0.15) is 5.56 Å². The molecule has 1 aliphatic rings. The fourth-order valence-corrected chi connectivity index (χ4v) is 3.19. The Kier molecular flexibility index (Phi) is 4.28. The standard InChI is InChI=1S/C15H21NO4/c1-11-5-8-16(13(17)12(11)14(18)19)9-15(10-20-2)6-3-4-7-15/h5,8H,3-4,6-7,9-10H2,1-2H3,(H,18,19). The topological polar surface area (TPSA) is 68.5 Å². The first-order valence-corrected chi connectivity index (χ1v) is 6.91. The molecule has 110 valence electrons. The Morgan fingerprint density at radius 3 is 2.65 bits per heavy atom. The summed E-state index contributed by atoms with van der Waals surface area (Å²) in [4.78, 5) is 23.5. The van der Waals surface area contributed by atoms with Crippen molar-refractivity contribution in [3.8, 4) is 0 Å². The van der Waals surface area contributed by atoms with E-state index in [2.05, 4.69) is 0 Å². The van der Waals surface area contributed by atoms with Gasteiger partial charge in [-0.05, 0) is 31.4 Å². The predicted molar refractivity (Wildman–Crippen MR) is 75.2 cm³/mol. The maximum atomic E-state index is 12.3. The molecule has 20 heavy (non-hydrogen) atoms. The van der Waals surface area contributed by atoms with Crippen LogP contribution in [0.1, 0.15) is 41.6 Å². The van der Waals surface area contributed by atoms with Crippen molar-refractivity contribution in [3.05, 3.63) is 33.7 Å². The van der Waals surface area contributed by atoms with Crippen molar-refractivity contribution in [2.24, 2.45) is 5.41 Å². The molecule has 1 heterocycles. The minimum atomic E-state index is -1.16. The molecule has 0 saturated heterocycles. The Labute approximate surface area is 118 Å². The SMILES string of the molecule is COCC1(Cn2ccc(C)c(C(=O)O)c2=O)CCCC1. The number of nitrogens with zero attached hydrogens (tertiary/aromatic N) is 1. The maximum Gasteiger partial charge on any atom is 0.341 e. The molecule has 0 spiro atoms. The number of methoxy groups -OCH3 is 1. The third-order valence-corrected chi connectivity index (χ3v) is 4.21. The monoisotopic (exact) mass is 279 g/mol. The molecule has 2 rings (SSSR count). The van der Waals surface area contributed by atoms with Gasteiger partial charge in [0.15, 0.2) is 0 Å². The Bertz CT molecular complexity index is 555. The molecule has 1 aromatic rings. The van der Waals surface area contributed by atoms with Gasteiger partial charge in [0.2, 0.25) is 0 Å². The largest absolute Gasteiger partial charge is 0.477 e. The molecular formula is C15H21NO4. The molecule has 0 aromatic carbocycles. The summed E-state index contributed by atoms with van der Waals surface area (Å²) in [6.07, 6.45) is 6.00. The molecule has 5 heteroatoms. The quantitative estimate of drug-likeness (QED) is 0.895. The number of carbonyl (C=O) groups is 1. The summed E-state index contributed by atoms with van der Waals surface area (Å²) in [7, 11) is 1.67. The molecule has 1 N–H and O–H groups in total. The molecule has 0 amide bonds. The van der Waals surface area contributed by atoms with Crippen LogP contribution in [0.25, 0.3) is 0 Å². The van der Waals surface area contributed by atoms with E-state index in [0.29, 0.717) is 18.7 Å². The van der Waals surface area contributed by atoms with Crippen LogP contribution in [0.5, 0.6) is 0 Å². The van der Waals surface area contributed by atoms with Gasteiger partial charge in [-0.25, -0.2) is 4.79 Å². The van der Waals surface area contributed by atoms with Crippen molar-refractivity contribution in [2.75, 3.05) is 13.7 Å². The molecule has 1 aliphatic carbocycles. The number of carboxylic acids is 1. The van der Waals surface area contributed by atoms with Crippen molar-refractivity contribution < 1.29 is 14.6 Å². The fourth-order valence-electron chi connectivity index (χ4n) is 3.19. The number of aromatic carboxylic acids is 1. The first-order valence-electron chi connectivity index (χ1n) is 6.91. The van der Waals surface area contributed by atoms with Gasteiger partial charge in [0.25, 0.3) is 5.56 Å². The normalized spacial score (nSPS) is 17.3. The molecule has 0 aliphatic heterocycles. The zero-order chi connectivity index (χ0) is 14.8. The highest BCUT2D eigenvalue weighted by atomic mass is 16.5. The Balaban J connectivity index is 2.36. The minimum Gasteiger partial charge on any atom is -0.477 e. The van der Waals surface area contributed by atoms with Crippen LogP contribution in [-0.2, 0) is 11.3 Å². The second kappa shape index (κ2) is 5.79. The second-order valence-electron chi connectivity index (χ2n) is 5.75. The first kappa shape index (κ1) is 14.8. The Morgan fingerprint density at radius 2 is 2.10 bits per heavy atom. The lowest BCUT2D eigenvalue weighted by Crippen LogP contribution is -2.35. The van der Waals surface area contributed by atoms with E-state index in [1.807, 2.05) is 0 Å². The highest BCUT2D eigenvalue weighted by Crippen LogP contribution is 2.39. The number of carboxylic acid groups (broad SMARTS) is 1. The van der Waals surface area contributed by atoms with Gasteiger partial charge in [0.05, 0.1) is 6.61 Å². The Morgan fingerprint density at radius 1 is 1.45 bits per heavy atom. The third-order valence-electron chi connectivity index (χ3n) is 4.21. The molecule has 0 atom stereocenters. The van der Waals surface area contributed by atoms with E-state index >= 15 is 0 Å². The van der Waals surface area contributed by atoms with E-state index in [0.717, 1.165) is 25.7 Å². The van der Waals surface area contributed by atoms with Gasteiger partial charge in [-0.1, -0.05) is 12.8 Å². The van der Waals surface area contributed by atoms with Gasteiger partial charge in [0, 0.05) is 25.3 Å². The van der Waals surface area contributed by atoms with Gasteiger partial charge >= 0.3 is 5.97 Å². The van der Waals surface area contributed by atoms with Crippen LogP contribution < -0.4 is 5.56 Å². The third kappa shape index (κ3) is 2.77. The van der Waals surface area contributed by atoms with Gasteiger partial charge in [-0.2, -0.15) is 0 Å². The summed E-state index contributed by atoms with van der Waals surface area (Å²) < 4.78 is 6.84. The second-order valence-corrected chi connectivity index (χ2v) is 5.75. The summed E-state index contributed by atoms with van der Waals surface area (Å²) in [6, 6.07) is 1.69. The number of aromatic nitrogens is 1. The lowest BCUT2D eigenvalue weighted by atomic mass is 9.87. The van der Waals surface area contributed by atoms with Crippen LogP contribution in [0.3, 0.4) is 0 Å². The number of aryl methyl sites for hydroxylation is 1. The molecule has 0 unspecified atom stereocenters. The lowest BCUT2D eigenvalue weighted by molar-refractivity contribution is 0.0666. The van der Waals surface area contributed by atoms with Crippen LogP contribution in [0.15, 0.2) is 17.1 Å². The number of rotatable bonds is 5. The van der Waals surface area contributed by atoms with E-state index in [-0.39, 0.29) is 11.0 Å². The first-order chi connectivity index (χ1) is 9.49. The lowest BCUT2D eigenvalue weighted by Gasteiger charge is -2.29. The van der Waals surface area contributed by atoms with Crippen molar-refractivity contribution in [1.29, 1.82) is 0 Å². The fraction of sp³-hybridized carbons (Fsp3) is 0.600. The van der Waals surface area contributed by atoms with E-state index < -0.39 is 11.5 Å². The highest BCUT2D eigenvalue weighted by Gasteiger charge is 2.35. The van der Waals surface area contributed by atoms with Crippen LogP contribution in [0.4, 0.5) is 0 Å². The zero-order valence-corrected chi connectivity index (χ0v) is 12.0. The summed E-state index contributed by atoms with van der Waals surface area (Å²) in [5.74, 6) is -1.16. The van der Waals surface area contributed by atoms with E-state index in [1.54, 1.807) is 26.3 Å². The number of ether oxygens (including phenoxy) is 1. The van der Waals surface area contributed by atoms with Crippen LogP contribution in [0.2, 0.25) is 0 Å².